The molecule has 6 heteroatoms. The smallest absolute Gasteiger partial charge is 0.245 e. The molecular formula is C10H15N6+. The SMILES string of the molecule is N#CNCCCCn1cc[n+](CNC#N)c1. The highest BCUT2D eigenvalue weighted by atomic mass is 15.2. The first-order chi connectivity index (χ1) is 7.86. The van der Waals surface area contributed by atoms with E-state index in [9.17, 15) is 0 Å². The fourth-order valence-corrected chi connectivity index (χ4v) is 1.35. The van der Waals surface area contributed by atoms with Crippen LogP contribution in [0, 0.1) is 22.9 Å². The summed E-state index contributed by atoms with van der Waals surface area (Å²) in [4.78, 5) is 0. The highest BCUT2D eigenvalue weighted by Gasteiger charge is 2.01. The summed E-state index contributed by atoms with van der Waals surface area (Å²) in [6, 6.07) is 0. The Morgan fingerprint density at radius 1 is 1.19 bits per heavy atom. The molecule has 0 aliphatic heterocycles. The third kappa shape index (κ3) is 4.34. The molecule has 0 fully saturated rings. The van der Waals surface area contributed by atoms with Gasteiger partial charge in [0.25, 0.3) is 0 Å². The van der Waals surface area contributed by atoms with Gasteiger partial charge in [0.1, 0.15) is 12.4 Å². The van der Waals surface area contributed by atoms with Gasteiger partial charge in [-0.15, -0.1) is 0 Å². The van der Waals surface area contributed by atoms with Crippen molar-refractivity contribution in [3.63, 3.8) is 0 Å². The number of hydrogen-bond donors (Lipinski definition) is 2. The second kappa shape index (κ2) is 7.13. The van der Waals surface area contributed by atoms with Crippen LogP contribution in [0.1, 0.15) is 12.8 Å². The van der Waals surface area contributed by atoms with Crippen LogP contribution in [-0.2, 0) is 13.2 Å². The largest absolute Gasteiger partial charge is 0.324 e. The molecule has 16 heavy (non-hydrogen) atoms. The summed E-state index contributed by atoms with van der Waals surface area (Å²) in [6.45, 7) is 2.15. The summed E-state index contributed by atoms with van der Waals surface area (Å²) in [5.41, 5.74) is 0. The molecular weight excluding hydrogens is 204 g/mol. The summed E-state index contributed by atoms with van der Waals surface area (Å²) in [5, 5.41) is 21.8. The highest BCUT2D eigenvalue weighted by molar-refractivity contribution is 4.68. The van der Waals surface area contributed by atoms with Crippen molar-refractivity contribution in [2.75, 3.05) is 6.54 Å². The number of aromatic nitrogens is 2. The van der Waals surface area contributed by atoms with Crippen LogP contribution >= 0.6 is 0 Å². The number of aryl methyl sites for hydroxylation is 1. The maximum absolute atomic E-state index is 8.34. The fourth-order valence-electron chi connectivity index (χ4n) is 1.35. The first kappa shape index (κ1) is 11.9. The Morgan fingerprint density at radius 3 is 2.75 bits per heavy atom. The van der Waals surface area contributed by atoms with Crippen molar-refractivity contribution in [3.8, 4) is 12.4 Å². The Kier molecular flexibility index (Phi) is 5.29. The lowest BCUT2D eigenvalue weighted by molar-refractivity contribution is -0.699. The standard InChI is InChI=1S/C10H15N6/c11-7-13-3-1-2-4-15-5-6-16(10-15)9-14-8-12/h5-6,10,13-14H,1-4,9H2/q+1. The van der Waals surface area contributed by atoms with Gasteiger partial charge in [0, 0.05) is 6.54 Å². The van der Waals surface area contributed by atoms with Crippen molar-refractivity contribution < 1.29 is 4.57 Å². The van der Waals surface area contributed by atoms with Crippen molar-refractivity contribution in [1.29, 1.82) is 10.5 Å². The van der Waals surface area contributed by atoms with Crippen molar-refractivity contribution >= 4 is 0 Å². The van der Waals surface area contributed by atoms with Crippen molar-refractivity contribution in [3.05, 3.63) is 18.7 Å². The minimum absolute atomic E-state index is 0.499. The average Bonchev–Trinajstić information content (AvgIpc) is 2.74. The van der Waals surface area contributed by atoms with E-state index in [1.165, 1.54) is 0 Å². The number of hydrogen-bond acceptors (Lipinski definition) is 4. The predicted octanol–water partition coefficient (Wildman–Crippen LogP) is -0.345. The Bertz CT molecular complexity index is 383. The fraction of sp³-hybridized carbons (Fsp3) is 0.500. The number of nitrogens with one attached hydrogen (secondary N) is 2. The zero-order valence-corrected chi connectivity index (χ0v) is 9.06. The second-order valence-electron chi connectivity index (χ2n) is 3.36. The third-order valence-corrected chi connectivity index (χ3v) is 2.13. The van der Waals surface area contributed by atoms with Gasteiger partial charge in [0.2, 0.25) is 6.33 Å². The van der Waals surface area contributed by atoms with E-state index in [2.05, 4.69) is 15.2 Å². The van der Waals surface area contributed by atoms with Crippen LogP contribution in [0.25, 0.3) is 0 Å². The van der Waals surface area contributed by atoms with E-state index in [1.54, 1.807) is 0 Å². The molecule has 1 heterocycles. The van der Waals surface area contributed by atoms with E-state index < -0.39 is 0 Å². The Morgan fingerprint density at radius 2 is 2.00 bits per heavy atom. The number of nitriles is 2. The van der Waals surface area contributed by atoms with Gasteiger partial charge >= 0.3 is 0 Å². The number of nitrogens with zero attached hydrogens (tertiary/aromatic N) is 4. The number of rotatable bonds is 7. The molecule has 0 aliphatic rings. The molecule has 0 bridgehead atoms. The van der Waals surface area contributed by atoms with Gasteiger partial charge in [0.15, 0.2) is 19.1 Å². The number of imidazole rings is 1. The summed E-state index contributed by atoms with van der Waals surface area (Å²) in [7, 11) is 0. The van der Waals surface area contributed by atoms with E-state index >= 15 is 0 Å². The average molecular weight is 219 g/mol. The van der Waals surface area contributed by atoms with Crippen molar-refractivity contribution in [2.24, 2.45) is 0 Å². The van der Waals surface area contributed by atoms with Crippen LogP contribution < -0.4 is 15.2 Å². The molecule has 1 aromatic rings. The van der Waals surface area contributed by atoms with E-state index in [0.717, 1.165) is 25.9 Å². The maximum atomic E-state index is 8.34. The molecule has 0 radical (unpaired) electrons. The molecule has 1 aromatic heterocycles. The van der Waals surface area contributed by atoms with Gasteiger partial charge in [-0.05, 0) is 12.8 Å². The van der Waals surface area contributed by atoms with Gasteiger partial charge in [-0.2, -0.15) is 10.5 Å². The molecule has 0 saturated heterocycles. The zero-order chi connectivity index (χ0) is 11.6. The quantitative estimate of drug-likeness (QED) is 0.284. The summed E-state index contributed by atoms with van der Waals surface area (Å²) in [6.07, 6.45) is 11.6. The Balaban J connectivity index is 2.20. The molecule has 2 N–H and O–H groups in total. The first-order valence-electron chi connectivity index (χ1n) is 5.15. The van der Waals surface area contributed by atoms with Crippen LogP contribution in [0.5, 0.6) is 0 Å². The molecule has 84 valence electrons. The lowest BCUT2D eigenvalue weighted by atomic mass is 10.3. The molecule has 0 amide bonds. The molecule has 0 aromatic carbocycles. The zero-order valence-electron chi connectivity index (χ0n) is 9.06. The number of unbranched alkanes of at least 4 members (excludes halogenated alkanes) is 1. The van der Waals surface area contributed by atoms with E-state index in [1.807, 2.05) is 35.7 Å². The molecule has 0 unspecified atom stereocenters. The summed E-state index contributed by atoms with van der Waals surface area (Å²) in [5.74, 6) is 0. The molecule has 0 atom stereocenters. The van der Waals surface area contributed by atoms with Gasteiger partial charge in [-0.1, -0.05) is 0 Å². The minimum Gasteiger partial charge on any atom is -0.324 e. The molecule has 0 aliphatic carbocycles. The van der Waals surface area contributed by atoms with Crippen LogP contribution in [0.4, 0.5) is 0 Å². The monoisotopic (exact) mass is 219 g/mol. The van der Waals surface area contributed by atoms with Crippen LogP contribution in [-0.4, -0.2) is 11.1 Å². The van der Waals surface area contributed by atoms with Crippen LogP contribution in [0.15, 0.2) is 18.7 Å². The molecule has 0 spiro atoms. The summed E-state index contributed by atoms with van der Waals surface area (Å²) < 4.78 is 3.96. The minimum atomic E-state index is 0.499. The van der Waals surface area contributed by atoms with Crippen LogP contribution in [0.3, 0.4) is 0 Å². The normalized spacial score (nSPS) is 9.12. The third-order valence-electron chi connectivity index (χ3n) is 2.13. The Labute approximate surface area is 94.7 Å². The maximum Gasteiger partial charge on any atom is 0.245 e. The molecule has 6 nitrogen and oxygen atoms in total. The topological polar surface area (TPSA) is 80.5 Å². The Hall–Kier alpha value is -2.21. The molecule has 1 rings (SSSR count). The van der Waals surface area contributed by atoms with Gasteiger partial charge < -0.3 is 5.32 Å². The van der Waals surface area contributed by atoms with Crippen molar-refractivity contribution in [2.45, 2.75) is 26.1 Å². The van der Waals surface area contributed by atoms with E-state index in [4.69, 9.17) is 10.5 Å². The van der Waals surface area contributed by atoms with E-state index in [0.29, 0.717) is 6.67 Å². The van der Waals surface area contributed by atoms with Crippen LogP contribution in [0.2, 0.25) is 0 Å². The first-order valence-corrected chi connectivity index (χ1v) is 5.15. The lowest BCUT2D eigenvalue weighted by Crippen LogP contribution is -2.37. The van der Waals surface area contributed by atoms with Gasteiger partial charge in [0.05, 0.1) is 6.54 Å². The van der Waals surface area contributed by atoms with Gasteiger partial charge in [-0.3, -0.25) is 5.32 Å². The highest BCUT2D eigenvalue weighted by Crippen LogP contribution is 1.93. The molecule has 0 saturated carbocycles. The second-order valence-corrected chi connectivity index (χ2v) is 3.36. The van der Waals surface area contributed by atoms with Gasteiger partial charge in [-0.25, -0.2) is 9.13 Å². The van der Waals surface area contributed by atoms with E-state index in [-0.39, 0.29) is 0 Å². The lowest BCUT2D eigenvalue weighted by Gasteiger charge is -1.96. The summed E-state index contributed by atoms with van der Waals surface area (Å²) >= 11 is 0. The predicted molar refractivity (Wildman–Crippen MR) is 56.2 cm³/mol. The van der Waals surface area contributed by atoms with Crippen molar-refractivity contribution in [1.82, 2.24) is 15.2 Å².